The minimum Gasteiger partial charge on any atom is -0.481 e. The number of benzene rings is 1. The molecule has 0 spiro atoms. The minimum atomic E-state index is -0.902. The number of rotatable bonds is 2. The molecule has 1 saturated heterocycles. The van der Waals surface area contributed by atoms with E-state index in [-0.39, 0.29) is 19.0 Å². The van der Waals surface area contributed by atoms with Gasteiger partial charge in [0.15, 0.2) is 0 Å². The molecule has 2 unspecified atom stereocenters. The van der Waals surface area contributed by atoms with E-state index >= 15 is 0 Å². The topological polar surface area (TPSA) is 57.6 Å². The fourth-order valence-electron chi connectivity index (χ4n) is 2.54. The van der Waals surface area contributed by atoms with Crippen molar-refractivity contribution in [3.05, 3.63) is 35.4 Å². The minimum absolute atomic E-state index is 0.185. The zero-order valence-corrected chi connectivity index (χ0v) is 11.0. The van der Waals surface area contributed by atoms with Crippen molar-refractivity contribution in [3.8, 4) is 0 Å². The van der Waals surface area contributed by atoms with Crippen molar-refractivity contribution in [1.82, 2.24) is 4.90 Å². The number of nitrogens with zero attached hydrogens (tertiary/aromatic N) is 1. The van der Waals surface area contributed by atoms with Crippen molar-refractivity contribution in [2.45, 2.75) is 25.8 Å². The van der Waals surface area contributed by atoms with Gasteiger partial charge in [-0.05, 0) is 31.9 Å². The quantitative estimate of drug-likeness (QED) is 0.906. The number of hydrogen-bond donors (Lipinski definition) is 1. The number of amides is 1. The van der Waals surface area contributed by atoms with Crippen molar-refractivity contribution in [2.24, 2.45) is 5.92 Å². The maximum absolute atomic E-state index is 13.6. The summed E-state index contributed by atoms with van der Waals surface area (Å²) < 4.78 is 27.2. The Morgan fingerprint density at radius 1 is 1.30 bits per heavy atom. The summed E-state index contributed by atoms with van der Waals surface area (Å²) in [4.78, 5) is 24.5. The third-order valence-corrected chi connectivity index (χ3v) is 3.66. The van der Waals surface area contributed by atoms with Crippen molar-refractivity contribution in [1.29, 1.82) is 0 Å². The summed E-state index contributed by atoms with van der Waals surface area (Å²) in [7, 11) is 0. The standard InChI is InChI=1S/C14H15F2NO3/c1-8-7-9(14(19)20)5-6-17(8)13(18)12-10(15)3-2-4-11(12)16/h2-4,8-9H,5-7H2,1H3,(H,19,20). The first kappa shape index (κ1) is 14.4. The van der Waals surface area contributed by atoms with Gasteiger partial charge in [-0.25, -0.2) is 8.78 Å². The molecule has 1 N–H and O–H groups in total. The molecular weight excluding hydrogens is 268 g/mol. The van der Waals surface area contributed by atoms with Gasteiger partial charge in [0, 0.05) is 12.6 Å². The first-order chi connectivity index (χ1) is 9.41. The number of carbonyl (C=O) groups is 2. The molecule has 1 aliphatic rings. The van der Waals surface area contributed by atoms with Crippen molar-refractivity contribution >= 4 is 11.9 Å². The summed E-state index contributed by atoms with van der Waals surface area (Å²) in [5, 5.41) is 8.96. The van der Waals surface area contributed by atoms with E-state index in [1.165, 1.54) is 11.0 Å². The smallest absolute Gasteiger partial charge is 0.306 e. The van der Waals surface area contributed by atoms with Crippen molar-refractivity contribution < 1.29 is 23.5 Å². The Hall–Kier alpha value is -1.98. The SMILES string of the molecule is CC1CC(C(=O)O)CCN1C(=O)c1c(F)cccc1F. The molecule has 2 rings (SSSR count). The van der Waals surface area contributed by atoms with E-state index in [4.69, 9.17) is 5.11 Å². The number of carboxylic acids is 1. The molecule has 1 aliphatic heterocycles. The number of aliphatic carboxylic acids is 1. The lowest BCUT2D eigenvalue weighted by Crippen LogP contribution is -2.46. The molecule has 2 atom stereocenters. The van der Waals surface area contributed by atoms with Crippen LogP contribution in [-0.2, 0) is 4.79 Å². The van der Waals surface area contributed by atoms with Gasteiger partial charge in [0.1, 0.15) is 17.2 Å². The molecular formula is C14H15F2NO3. The summed E-state index contributed by atoms with van der Waals surface area (Å²) in [6, 6.07) is 2.90. The molecule has 108 valence electrons. The van der Waals surface area contributed by atoms with E-state index in [0.29, 0.717) is 6.42 Å². The number of halogens is 2. The molecule has 0 radical (unpaired) electrons. The summed E-state index contributed by atoms with van der Waals surface area (Å²) >= 11 is 0. The lowest BCUT2D eigenvalue weighted by atomic mass is 9.91. The van der Waals surface area contributed by atoms with Gasteiger partial charge in [0.05, 0.1) is 5.92 Å². The van der Waals surface area contributed by atoms with Gasteiger partial charge in [0.2, 0.25) is 0 Å². The molecule has 6 heteroatoms. The molecule has 1 amide bonds. The molecule has 4 nitrogen and oxygen atoms in total. The molecule has 1 aromatic rings. The number of piperidine rings is 1. The van der Waals surface area contributed by atoms with Crippen LogP contribution in [0.5, 0.6) is 0 Å². The highest BCUT2D eigenvalue weighted by atomic mass is 19.1. The third-order valence-electron chi connectivity index (χ3n) is 3.66. The highest BCUT2D eigenvalue weighted by molar-refractivity contribution is 5.95. The van der Waals surface area contributed by atoms with Crippen LogP contribution >= 0.6 is 0 Å². The van der Waals surface area contributed by atoms with E-state index in [2.05, 4.69) is 0 Å². The van der Waals surface area contributed by atoms with Crippen LogP contribution in [-0.4, -0.2) is 34.5 Å². The molecule has 1 aromatic carbocycles. The van der Waals surface area contributed by atoms with Gasteiger partial charge in [0.25, 0.3) is 5.91 Å². The van der Waals surface area contributed by atoms with Crippen LogP contribution in [0.4, 0.5) is 8.78 Å². The van der Waals surface area contributed by atoms with Gasteiger partial charge in [-0.15, -0.1) is 0 Å². The Morgan fingerprint density at radius 3 is 2.40 bits per heavy atom. The monoisotopic (exact) mass is 283 g/mol. The van der Waals surface area contributed by atoms with Crippen LogP contribution in [0.25, 0.3) is 0 Å². The molecule has 0 bridgehead atoms. The number of likely N-dealkylation sites (tertiary alicyclic amines) is 1. The van der Waals surface area contributed by atoms with Crippen LogP contribution in [0.1, 0.15) is 30.1 Å². The molecule has 1 fully saturated rings. The number of carbonyl (C=O) groups excluding carboxylic acids is 1. The van der Waals surface area contributed by atoms with Crippen LogP contribution in [0.2, 0.25) is 0 Å². The van der Waals surface area contributed by atoms with Crippen LogP contribution in [0.3, 0.4) is 0 Å². The maximum atomic E-state index is 13.6. The lowest BCUT2D eigenvalue weighted by Gasteiger charge is -2.36. The Balaban J connectivity index is 2.20. The van der Waals surface area contributed by atoms with Crippen LogP contribution in [0.15, 0.2) is 18.2 Å². The van der Waals surface area contributed by atoms with E-state index < -0.39 is 35.0 Å². The average Bonchev–Trinajstić information content (AvgIpc) is 2.38. The predicted molar refractivity (Wildman–Crippen MR) is 67.2 cm³/mol. The summed E-state index contributed by atoms with van der Waals surface area (Å²) in [6.45, 7) is 1.87. The van der Waals surface area contributed by atoms with E-state index in [0.717, 1.165) is 12.1 Å². The van der Waals surface area contributed by atoms with Gasteiger partial charge in [-0.1, -0.05) is 6.07 Å². The van der Waals surface area contributed by atoms with E-state index in [9.17, 15) is 18.4 Å². The van der Waals surface area contributed by atoms with Crippen LogP contribution < -0.4 is 0 Å². The molecule has 20 heavy (non-hydrogen) atoms. The van der Waals surface area contributed by atoms with Crippen molar-refractivity contribution in [3.63, 3.8) is 0 Å². The summed E-state index contributed by atoms with van der Waals surface area (Å²) in [5.74, 6) is -3.94. The maximum Gasteiger partial charge on any atom is 0.306 e. The van der Waals surface area contributed by atoms with E-state index in [1.807, 2.05) is 0 Å². The first-order valence-electron chi connectivity index (χ1n) is 6.39. The van der Waals surface area contributed by atoms with E-state index in [1.54, 1.807) is 6.92 Å². The molecule has 1 heterocycles. The average molecular weight is 283 g/mol. The van der Waals surface area contributed by atoms with Gasteiger partial charge < -0.3 is 10.0 Å². The normalized spacial score (nSPS) is 22.6. The van der Waals surface area contributed by atoms with Crippen LogP contribution in [0, 0.1) is 17.6 Å². The highest BCUT2D eigenvalue weighted by Crippen LogP contribution is 2.26. The Kier molecular flexibility index (Phi) is 4.01. The zero-order valence-electron chi connectivity index (χ0n) is 11.0. The summed E-state index contributed by atoms with van der Waals surface area (Å²) in [6.07, 6.45) is 0.582. The molecule has 0 aromatic heterocycles. The second kappa shape index (κ2) is 5.56. The predicted octanol–water partition coefficient (Wildman–Crippen LogP) is 2.29. The Morgan fingerprint density at radius 2 is 1.90 bits per heavy atom. The molecule has 0 saturated carbocycles. The fraction of sp³-hybridized carbons (Fsp3) is 0.429. The molecule has 0 aliphatic carbocycles. The number of hydrogen-bond acceptors (Lipinski definition) is 2. The Labute approximate surface area is 115 Å². The zero-order chi connectivity index (χ0) is 14.9. The lowest BCUT2D eigenvalue weighted by molar-refractivity contribution is -0.143. The van der Waals surface area contributed by atoms with Crippen molar-refractivity contribution in [2.75, 3.05) is 6.54 Å². The second-order valence-corrected chi connectivity index (χ2v) is 5.00. The third kappa shape index (κ3) is 2.64. The fourth-order valence-corrected chi connectivity index (χ4v) is 2.54. The van der Waals surface area contributed by atoms with Gasteiger partial charge >= 0.3 is 5.97 Å². The second-order valence-electron chi connectivity index (χ2n) is 5.00. The highest BCUT2D eigenvalue weighted by Gasteiger charge is 2.34. The first-order valence-corrected chi connectivity index (χ1v) is 6.39. The largest absolute Gasteiger partial charge is 0.481 e. The number of carboxylic acid groups (broad SMARTS) is 1. The summed E-state index contributed by atoms with van der Waals surface area (Å²) in [5.41, 5.74) is -0.576. The Bertz CT molecular complexity index is 527. The van der Waals surface area contributed by atoms with Gasteiger partial charge in [-0.3, -0.25) is 9.59 Å². The van der Waals surface area contributed by atoms with Gasteiger partial charge in [-0.2, -0.15) is 0 Å².